The molecular weight excluding hydrogens is 582 g/mol. The summed E-state index contributed by atoms with van der Waals surface area (Å²) < 4.78 is 24.4. The zero-order chi connectivity index (χ0) is 31.7. The summed E-state index contributed by atoms with van der Waals surface area (Å²) in [7, 11) is -2.92. The van der Waals surface area contributed by atoms with Crippen molar-refractivity contribution < 1.29 is 38.1 Å². The lowest BCUT2D eigenvalue weighted by atomic mass is 10.1. The fourth-order valence-corrected chi connectivity index (χ4v) is 7.27. The van der Waals surface area contributed by atoms with Crippen LogP contribution in [0.2, 0.25) is 6.04 Å². The van der Waals surface area contributed by atoms with Gasteiger partial charge in [-0.25, -0.2) is 14.6 Å². The third-order valence-electron chi connectivity index (χ3n) is 6.83. The highest BCUT2D eigenvalue weighted by atomic mass is 28.4. The number of H-pyrrole nitrogens is 1. The van der Waals surface area contributed by atoms with Gasteiger partial charge in [0.2, 0.25) is 0 Å². The van der Waals surface area contributed by atoms with Crippen LogP contribution in [0.1, 0.15) is 38.3 Å². The first kappa shape index (κ1) is 34.2. The standard InChI is InChI=1S/C27H41N5O10Si/c1-6-39-43(40-7-2,41-8-3)11-9-10-28-27(38)42-21(23(35)20(34)15-33)14-32-19-13-17(5)16(4)12-18(19)29-22-24(32)30-26(37)31-25(22)36/h12-13,20-21,23,33-35H,6-11,14-15H2,1-5H3,(H,28,38)(H,31,36,37)/t20-,21+,23-/m1/s1. The molecule has 0 unspecified atom stereocenters. The maximum atomic E-state index is 12.9. The Morgan fingerprint density at radius 3 is 2.28 bits per heavy atom. The van der Waals surface area contributed by atoms with Gasteiger partial charge in [-0.15, -0.1) is 0 Å². The van der Waals surface area contributed by atoms with Gasteiger partial charge < -0.3 is 43.2 Å². The topological polar surface area (TPSA) is 207 Å². The van der Waals surface area contributed by atoms with Crippen LogP contribution < -0.4 is 16.6 Å². The number of aliphatic hydroxyl groups excluding tert-OH is 3. The predicted octanol–water partition coefficient (Wildman–Crippen LogP) is 0.449. The van der Waals surface area contributed by atoms with Gasteiger partial charge in [0, 0.05) is 32.4 Å². The van der Waals surface area contributed by atoms with E-state index in [1.165, 1.54) is 4.57 Å². The van der Waals surface area contributed by atoms with E-state index < -0.39 is 51.1 Å². The number of hydrogen-bond donors (Lipinski definition) is 5. The Balaban J connectivity index is 1.89. The maximum Gasteiger partial charge on any atom is 0.500 e. The van der Waals surface area contributed by atoms with Crippen LogP contribution in [-0.4, -0.2) is 101 Å². The Hall–Kier alpha value is -3.25. The molecule has 0 saturated carbocycles. The van der Waals surface area contributed by atoms with Gasteiger partial charge in [-0.1, -0.05) is 0 Å². The molecule has 0 aliphatic carbocycles. The Bertz CT molecular complexity index is 1450. The van der Waals surface area contributed by atoms with E-state index in [0.717, 1.165) is 11.1 Å². The zero-order valence-electron chi connectivity index (χ0n) is 25.1. The van der Waals surface area contributed by atoms with Gasteiger partial charge in [0.15, 0.2) is 11.5 Å². The van der Waals surface area contributed by atoms with E-state index in [4.69, 9.17) is 18.0 Å². The van der Waals surface area contributed by atoms with E-state index >= 15 is 0 Å². The number of fused-ring (bicyclic) bond motifs is 2. The number of nitrogens with one attached hydrogen (secondary N) is 2. The molecule has 1 aromatic carbocycles. The molecule has 0 saturated heterocycles. The van der Waals surface area contributed by atoms with Crippen molar-refractivity contribution in [2.45, 2.75) is 71.9 Å². The summed E-state index contributed by atoms with van der Waals surface area (Å²) >= 11 is 0. The molecule has 1 amide bonds. The van der Waals surface area contributed by atoms with Crippen molar-refractivity contribution in [2.24, 2.45) is 0 Å². The Kier molecular flexibility index (Phi) is 12.3. The summed E-state index contributed by atoms with van der Waals surface area (Å²) in [6.07, 6.45) is -5.31. The Morgan fingerprint density at radius 2 is 1.67 bits per heavy atom. The van der Waals surface area contributed by atoms with Crippen LogP contribution in [0, 0.1) is 13.8 Å². The van der Waals surface area contributed by atoms with Crippen molar-refractivity contribution in [3.63, 3.8) is 0 Å². The van der Waals surface area contributed by atoms with Crippen LogP contribution in [0.15, 0.2) is 21.7 Å². The molecule has 0 fully saturated rings. The average molecular weight is 624 g/mol. The number of carbonyl (C=O) groups is 1. The lowest BCUT2D eigenvalue weighted by Gasteiger charge is -2.29. The van der Waals surface area contributed by atoms with Gasteiger partial charge in [0.1, 0.15) is 18.3 Å². The maximum absolute atomic E-state index is 12.9. The third kappa shape index (κ3) is 8.44. The molecule has 5 N–H and O–H groups in total. The van der Waals surface area contributed by atoms with Crippen LogP contribution in [0.4, 0.5) is 4.79 Å². The molecular formula is C27H41N5O10Si. The van der Waals surface area contributed by atoms with Crippen molar-refractivity contribution in [2.75, 3.05) is 33.0 Å². The molecule has 2 heterocycles. The molecule has 2 aliphatic rings. The van der Waals surface area contributed by atoms with Crippen LogP contribution in [-0.2, 0) is 24.6 Å². The number of aliphatic hydroxyl groups is 3. The summed E-state index contributed by atoms with van der Waals surface area (Å²) in [5.74, 6) is -0.103. The van der Waals surface area contributed by atoms with Crippen LogP contribution >= 0.6 is 0 Å². The number of nitrogens with zero attached hydrogens (tertiary/aromatic N) is 3. The molecule has 2 aliphatic heterocycles. The van der Waals surface area contributed by atoms with E-state index in [1.807, 2.05) is 34.6 Å². The lowest BCUT2D eigenvalue weighted by molar-refractivity contribution is -0.0836. The first-order valence-corrected chi connectivity index (χ1v) is 16.2. The quantitative estimate of drug-likeness (QED) is 0.0837. The highest BCUT2D eigenvalue weighted by Crippen LogP contribution is 2.25. The van der Waals surface area contributed by atoms with Gasteiger partial charge in [0.25, 0.3) is 5.56 Å². The number of carbonyl (C=O) groups excluding carboxylic acids is 1. The smallest absolute Gasteiger partial charge is 0.441 e. The van der Waals surface area contributed by atoms with Crippen LogP contribution in [0.3, 0.4) is 0 Å². The number of alkyl carbamates (subject to hydrolysis) is 1. The van der Waals surface area contributed by atoms with E-state index in [0.29, 0.717) is 43.3 Å². The molecule has 15 nitrogen and oxygen atoms in total. The van der Waals surface area contributed by atoms with Crippen molar-refractivity contribution in [1.82, 2.24) is 24.8 Å². The minimum Gasteiger partial charge on any atom is -0.441 e. The highest BCUT2D eigenvalue weighted by molar-refractivity contribution is 6.60. The molecule has 0 bridgehead atoms. The number of aromatic nitrogens is 4. The SMILES string of the molecule is CCO[Si](CCCNC(=O)O[C@@H](Cn1c2nc(=O)[nH]c(=O)c-2nc2cc(C)c(C)cc21)[C@H](O)[C@H](O)CO)(OCC)OCC. The van der Waals surface area contributed by atoms with Gasteiger partial charge in [-0.2, -0.15) is 4.98 Å². The van der Waals surface area contributed by atoms with Gasteiger partial charge >= 0.3 is 20.6 Å². The van der Waals surface area contributed by atoms with E-state index in [2.05, 4.69) is 20.3 Å². The highest BCUT2D eigenvalue weighted by Gasteiger charge is 2.39. The van der Waals surface area contributed by atoms with Crippen molar-refractivity contribution in [1.29, 1.82) is 0 Å². The second-order valence-electron chi connectivity index (χ2n) is 9.89. The molecule has 0 radical (unpaired) electrons. The Labute approximate surface area is 249 Å². The van der Waals surface area contributed by atoms with Crippen molar-refractivity contribution in [3.05, 3.63) is 44.1 Å². The fraction of sp³-hybridized carbons (Fsp3) is 0.593. The van der Waals surface area contributed by atoms with E-state index in [1.54, 1.807) is 12.1 Å². The van der Waals surface area contributed by atoms with Gasteiger partial charge in [0.05, 0.1) is 24.2 Å². The predicted molar refractivity (Wildman–Crippen MR) is 158 cm³/mol. The number of amides is 1. The summed E-state index contributed by atoms with van der Waals surface area (Å²) in [6.45, 7) is 9.53. The monoisotopic (exact) mass is 623 g/mol. The van der Waals surface area contributed by atoms with Crippen molar-refractivity contribution >= 4 is 25.9 Å². The second kappa shape index (κ2) is 15.5. The van der Waals surface area contributed by atoms with Gasteiger partial charge in [-0.05, 0) is 64.3 Å². The summed E-state index contributed by atoms with van der Waals surface area (Å²) in [5.41, 5.74) is 0.787. The second-order valence-corrected chi connectivity index (χ2v) is 12.6. The molecule has 1 aromatic rings. The molecule has 3 rings (SSSR count). The summed E-state index contributed by atoms with van der Waals surface area (Å²) in [6, 6.07) is 3.96. The lowest BCUT2D eigenvalue weighted by Crippen LogP contribution is -2.47. The average Bonchev–Trinajstić information content (AvgIpc) is 2.96. The van der Waals surface area contributed by atoms with E-state index in [9.17, 15) is 29.7 Å². The largest absolute Gasteiger partial charge is 0.500 e. The molecule has 0 aromatic heterocycles. The number of rotatable bonds is 16. The minimum atomic E-state index is -2.92. The molecule has 238 valence electrons. The zero-order valence-corrected chi connectivity index (χ0v) is 26.1. The molecule has 3 atom stereocenters. The fourth-order valence-electron chi connectivity index (χ4n) is 4.66. The first-order chi connectivity index (χ1) is 20.5. The van der Waals surface area contributed by atoms with Crippen molar-refractivity contribution in [3.8, 4) is 11.5 Å². The molecule has 43 heavy (non-hydrogen) atoms. The van der Waals surface area contributed by atoms with Crippen LogP contribution in [0.5, 0.6) is 0 Å². The number of aromatic amines is 1. The molecule has 16 heteroatoms. The molecule has 0 spiro atoms. The number of hydrogen-bond acceptors (Lipinski definition) is 12. The Morgan fingerprint density at radius 1 is 1.05 bits per heavy atom. The van der Waals surface area contributed by atoms with Gasteiger partial charge in [-0.3, -0.25) is 9.78 Å². The number of aryl methyl sites for hydroxylation is 2. The first-order valence-electron chi connectivity index (χ1n) is 14.2. The number of ether oxygens (including phenoxy) is 1. The summed E-state index contributed by atoms with van der Waals surface area (Å²) in [4.78, 5) is 48.1. The van der Waals surface area contributed by atoms with Crippen LogP contribution in [0.25, 0.3) is 22.6 Å². The number of benzene rings is 1. The van der Waals surface area contributed by atoms with E-state index in [-0.39, 0.29) is 24.6 Å². The third-order valence-corrected chi connectivity index (χ3v) is 9.98. The summed E-state index contributed by atoms with van der Waals surface area (Å²) in [5, 5.41) is 33.2. The normalized spacial score (nSPS) is 14.1. The minimum absolute atomic E-state index is 0.103.